The molecule has 2 rings (SSSR count). The Labute approximate surface area is 139 Å². The van der Waals surface area contributed by atoms with E-state index < -0.39 is 9.84 Å². The quantitative estimate of drug-likeness (QED) is 0.891. The highest BCUT2D eigenvalue weighted by Crippen LogP contribution is 2.17. The fourth-order valence-electron chi connectivity index (χ4n) is 2.95. The summed E-state index contributed by atoms with van der Waals surface area (Å²) in [4.78, 5) is 14.8. The van der Waals surface area contributed by atoms with Crippen molar-refractivity contribution in [2.75, 3.05) is 25.9 Å². The van der Waals surface area contributed by atoms with Crippen LogP contribution in [-0.4, -0.2) is 51.2 Å². The van der Waals surface area contributed by atoms with Gasteiger partial charge in [-0.05, 0) is 56.5 Å². The lowest BCUT2D eigenvalue weighted by atomic mass is 9.99. The predicted octanol–water partition coefficient (Wildman–Crippen LogP) is 1.94. The zero-order valence-electron chi connectivity index (χ0n) is 14.1. The zero-order valence-corrected chi connectivity index (χ0v) is 14.9. The fourth-order valence-corrected chi connectivity index (χ4v) is 3.58. The van der Waals surface area contributed by atoms with Crippen molar-refractivity contribution in [3.05, 3.63) is 29.8 Å². The largest absolute Gasteiger partial charge is 0.350 e. The molecule has 1 saturated heterocycles. The van der Waals surface area contributed by atoms with E-state index in [-0.39, 0.29) is 10.8 Å². The number of rotatable bonds is 5. The summed E-state index contributed by atoms with van der Waals surface area (Å²) in [6, 6.07) is 6.36. The maximum absolute atomic E-state index is 12.2. The van der Waals surface area contributed by atoms with Gasteiger partial charge >= 0.3 is 0 Å². The maximum Gasteiger partial charge on any atom is 0.251 e. The third-order valence-corrected chi connectivity index (χ3v) is 5.54. The van der Waals surface area contributed by atoms with E-state index in [4.69, 9.17) is 0 Å². The molecule has 1 N–H and O–H groups in total. The normalized spacial score (nSPS) is 20.9. The summed E-state index contributed by atoms with van der Waals surface area (Å²) in [6.45, 7) is 7.16. The van der Waals surface area contributed by atoms with Crippen LogP contribution >= 0.6 is 0 Å². The average Bonchev–Trinajstić information content (AvgIpc) is 2.51. The highest BCUT2D eigenvalue weighted by molar-refractivity contribution is 7.90. The van der Waals surface area contributed by atoms with Gasteiger partial charge in [0.2, 0.25) is 0 Å². The molecule has 23 heavy (non-hydrogen) atoms. The summed E-state index contributed by atoms with van der Waals surface area (Å²) in [5.74, 6) is 0.549. The summed E-state index contributed by atoms with van der Waals surface area (Å²) >= 11 is 0. The monoisotopic (exact) mass is 338 g/mol. The van der Waals surface area contributed by atoms with Crippen molar-refractivity contribution in [2.24, 2.45) is 5.92 Å². The first-order chi connectivity index (χ1) is 10.8. The Kier molecular flexibility index (Phi) is 5.81. The molecule has 1 amide bonds. The molecular formula is C17H26N2O3S. The number of carbonyl (C=O) groups is 1. The van der Waals surface area contributed by atoms with E-state index in [1.54, 1.807) is 12.1 Å². The van der Waals surface area contributed by atoms with Crippen LogP contribution in [-0.2, 0) is 9.84 Å². The Morgan fingerprint density at radius 2 is 2.00 bits per heavy atom. The highest BCUT2D eigenvalue weighted by Gasteiger charge is 2.21. The van der Waals surface area contributed by atoms with Crippen LogP contribution in [0.1, 0.15) is 37.0 Å². The molecule has 0 aliphatic carbocycles. The summed E-state index contributed by atoms with van der Waals surface area (Å²) in [6.07, 6.45) is 3.65. The molecule has 0 radical (unpaired) electrons. The van der Waals surface area contributed by atoms with Crippen LogP contribution in [0.4, 0.5) is 0 Å². The zero-order chi connectivity index (χ0) is 17.0. The highest BCUT2D eigenvalue weighted by atomic mass is 32.2. The number of likely N-dealkylation sites (tertiary alicyclic amines) is 1. The first-order valence-corrected chi connectivity index (χ1v) is 9.99. The van der Waals surface area contributed by atoms with Crippen molar-refractivity contribution in [3.63, 3.8) is 0 Å². The third-order valence-electron chi connectivity index (χ3n) is 4.41. The van der Waals surface area contributed by atoms with E-state index >= 15 is 0 Å². The summed E-state index contributed by atoms with van der Waals surface area (Å²) in [5.41, 5.74) is 0.483. The minimum atomic E-state index is -3.23. The minimum absolute atomic E-state index is 0.165. The van der Waals surface area contributed by atoms with E-state index in [2.05, 4.69) is 24.1 Å². The second-order valence-electron chi connectivity index (χ2n) is 6.60. The Bertz CT molecular complexity index is 640. The lowest BCUT2D eigenvalue weighted by Crippen LogP contribution is -2.46. The molecule has 0 unspecified atom stereocenters. The number of benzene rings is 1. The molecule has 0 bridgehead atoms. The standard InChI is InChI=1S/C17H26N2O3S/c1-13-5-4-10-19(12-13)14(2)11-18-17(20)15-6-8-16(9-7-15)23(3,21)22/h6-9,13-14H,4-5,10-12H2,1-3H3,(H,18,20)/t13-,14-/m0/s1. The Balaban J connectivity index is 1.89. The lowest BCUT2D eigenvalue weighted by Gasteiger charge is -2.35. The number of amides is 1. The lowest BCUT2D eigenvalue weighted by molar-refractivity contribution is 0.0917. The van der Waals surface area contributed by atoms with Gasteiger partial charge in [0.15, 0.2) is 9.84 Å². The molecular weight excluding hydrogens is 312 g/mol. The number of sulfone groups is 1. The molecule has 6 heteroatoms. The van der Waals surface area contributed by atoms with Crippen LogP contribution in [0, 0.1) is 5.92 Å². The van der Waals surface area contributed by atoms with Gasteiger partial charge in [-0.3, -0.25) is 9.69 Å². The van der Waals surface area contributed by atoms with Crippen LogP contribution < -0.4 is 5.32 Å². The van der Waals surface area contributed by atoms with E-state index in [0.717, 1.165) is 19.3 Å². The molecule has 0 saturated carbocycles. The van der Waals surface area contributed by atoms with Gasteiger partial charge in [-0.15, -0.1) is 0 Å². The van der Waals surface area contributed by atoms with Gasteiger partial charge in [-0.1, -0.05) is 6.92 Å². The number of nitrogens with one attached hydrogen (secondary N) is 1. The third kappa shape index (κ3) is 5.04. The minimum Gasteiger partial charge on any atom is -0.350 e. The van der Waals surface area contributed by atoms with Crippen LogP contribution in [0.2, 0.25) is 0 Å². The van der Waals surface area contributed by atoms with Crippen LogP contribution in [0.3, 0.4) is 0 Å². The number of hydrogen-bond donors (Lipinski definition) is 1. The fraction of sp³-hybridized carbons (Fsp3) is 0.588. The van der Waals surface area contributed by atoms with Crippen LogP contribution in [0.25, 0.3) is 0 Å². The van der Waals surface area contributed by atoms with Gasteiger partial charge in [0, 0.05) is 31.0 Å². The number of nitrogens with zero attached hydrogens (tertiary/aromatic N) is 1. The van der Waals surface area contributed by atoms with E-state index in [0.29, 0.717) is 24.1 Å². The molecule has 1 aliphatic rings. The molecule has 0 aromatic heterocycles. The van der Waals surface area contributed by atoms with E-state index in [1.165, 1.54) is 25.0 Å². The molecule has 1 aromatic rings. The Morgan fingerprint density at radius 3 is 2.57 bits per heavy atom. The van der Waals surface area contributed by atoms with Gasteiger partial charge in [0.05, 0.1) is 4.90 Å². The molecule has 1 aliphatic heterocycles. The second-order valence-corrected chi connectivity index (χ2v) is 8.61. The molecule has 2 atom stereocenters. The topological polar surface area (TPSA) is 66.5 Å². The summed E-state index contributed by atoms with van der Waals surface area (Å²) in [5, 5.41) is 2.94. The van der Waals surface area contributed by atoms with Crippen molar-refractivity contribution >= 4 is 15.7 Å². The van der Waals surface area contributed by atoms with E-state index in [9.17, 15) is 13.2 Å². The van der Waals surface area contributed by atoms with Crippen LogP contribution in [0.5, 0.6) is 0 Å². The first-order valence-electron chi connectivity index (χ1n) is 8.09. The average molecular weight is 338 g/mol. The molecule has 1 heterocycles. The number of hydrogen-bond acceptors (Lipinski definition) is 4. The number of carbonyl (C=O) groups excluding carboxylic acids is 1. The molecule has 0 spiro atoms. The Hall–Kier alpha value is -1.40. The van der Waals surface area contributed by atoms with Crippen molar-refractivity contribution < 1.29 is 13.2 Å². The maximum atomic E-state index is 12.2. The molecule has 128 valence electrons. The van der Waals surface area contributed by atoms with Gasteiger partial charge in [0.1, 0.15) is 0 Å². The smallest absolute Gasteiger partial charge is 0.251 e. The first kappa shape index (κ1) is 17.9. The second kappa shape index (κ2) is 7.45. The van der Waals surface area contributed by atoms with E-state index in [1.807, 2.05) is 0 Å². The molecule has 5 nitrogen and oxygen atoms in total. The Morgan fingerprint density at radius 1 is 1.35 bits per heavy atom. The van der Waals surface area contributed by atoms with Crippen molar-refractivity contribution in [1.82, 2.24) is 10.2 Å². The SMILES string of the molecule is C[C@H]1CCCN([C@@H](C)CNC(=O)c2ccc(S(C)(=O)=O)cc2)C1. The summed E-state index contributed by atoms with van der Waals surface area (Å²) < 4.78 is 22.8. The van der Waals surface area contributed by atoms with Gasteiger partial charge in [0.25, 0.3) is 5.91 Å². The molecule has 1 fully saturated rings. The van der Waals surface area contributed by atoms with Crippen LogP contribution in [0.15, 0.2) is 29.2 Å². The predicted molar refractivity (Wildman–Crippen MR) is 91.3 cm³/mol. The molecule has 1 aromatic carbocycles. The van der Waals surface area contributed by atoms with Gasteiger partial charge in [-0.2, -0.15) is 0 Å². The van der Waals surface area contributed by atoms with Gasteiger partial charge < -0.3 is 5.32 Å². The van der Waals surface area contributed by atoms with Crippen molar-refractivity contribution in [2.45, 2.75) is 37.6 Å². The number of piperidine rings is 1. The van der Waals surface area contributed by atoms with Gasteiger partial charge in [-0.25, -0.2) is 8.42 Å². The van der Waals surface area contributed by atoms with Crippen molar-refractivity contribution in [1.29, 1.82) is 0 Å². The van der Waals surface area contributed by atoms with Crippen molar-refractivity contribution in [3.8, 4) is 0 Å². The summed E-state index contributed by atoms with van der Waals surface area (Å²) in [7, 11) is -3.23.